The van der Waals surface area contributed by atoms with E-state index in [1.807, 2.05) is 6.07 Å². The number of hydrogen-bond donors (Lipinski definition) is 2. The number of carbonyl (C=O) groups is 3. The fourth-order valence-corrected chi connectivity index (χ4v) is 5.20. The molecule has 0 aliphatic rings. The van der Waals surface area contributed by atoms with E-state index in [9.17, 15) is 14.4 Å². The number of benzene rings is 2. The van der Waals surface area contributed by atoms with Crippen LogP contribution in [-0.2, 0) is 4.74 Å². The molecule has 0 atom stereocenters. The van der Waals surface area contributed by atoms with Gasteiger partial charge in [0.05, 0.1) is 38.8 Å². The summed E-state index contributed by atoms with van der Waals surface area (Å²) in [6.07, 6.45) is 0. The van der Waals surface area contributed by atoms with E-state index in [2.05, 4.69) is 10.3 Å². The van der Waals surface area contributed by atoms with Gasteiger partial charge in [-0.1, -0.05) is 41.4 Å². The Labute approximate surface area is 214 Å². The number of nitrogens with one attached hydrogen (secondary N) is 1. The molecular weight excluding hydrogens is 509 g/mol. The van der Waals surface area contributed by atoms with Gasteiger partial charge in [-0.3, -0.25) is 9.59 Å². The molecule has 0 saturated carbocycles. The van der Waals surface area contributed by atoms with Crippen molar-refractivity contribution in [3.05, 3.63) is 80.1 Å². The van der Waals surface area contributed by atoms with Crippen molar-refractivity contribution in [2.24, 2.45) is 5.73 Å². The van der Waals surface area contributed by atoms with Crippen LogP contribution in [0, 0.1) is 6.92 Å². The average Bonchev–Trinajstić information content (AvgIpc) is 3.14. The zero-order chi connectivity index (χ0) is 25.3. The molecule has 2 aromatic carbocycles. The van der Waals surface area contributed by atoms with Crippen molar-refractivity contribution in [3.63, 3.8) is 0 Å². The van der Waals surface area contributed by atoms with Crippen LogP contribution >= 0.6 is 34.5 Å². The summed E-state index contributed by atoms with van der Waals surface area (Å²) in [6, 6.07) is 13.8. The van der Waals surface area contributed by atoms with E-state index >= 15 is 0 Å². The Morgan fingerprint density at radius 1 is 1.11 bits per heavy atom. The monoisotopic (exact) mass is 527 g/mol. The molecule has 4 aromatic rings. The number of nitrogens with zero attached hydrogens (tertiary/aromatic N) is 1. The maximum Gasteiger partial charge on any atom is 0.341 e. The topological polar surface area (TPSA) is 111 Å². The lowest BCUT2D eigenvalue weighted by Gasteiger charge is -2.12. The smallest absolute Gasteiger partial charge is 0.341 e. The fraction of sp³-hybridized carbons (Fsp3) is 0.120. The van der Waals surface area contributed by atoms with Crippen LogP contribution in [-0.4, -0.2) is 29.4 Å². The average molecular weight is 528 g/mol. The van der Waals surface area contributed by atoms with Crippen molar-refractivity contribution in [2.75, 3.05) is 11.9 Å². The van der Waals surface area contributed by atoms with Crippen molar-refractivity contribution in [1.82, 2.24) is 4.98 Å². The second kappa shape index (κ2) is 10.0. The maximum atomic E-state index is 13.5. The number of para-hydroxylation sites is 1. The molecule has 0 unspecified atom stereocenters. The van der Waals surface area contributed by atoms with Gasteiger partial charge in [0.2, 0.25) is 0 Å². The van der Waals surface area contributed by atoms with Crippen LogP contribution in [0.3, 0.4) is 0 Å². The normalized spacial score (nSPS) is 10.9. The van der Waals surface area contributed by atoms with Gasteiger partial charge in [-0.25, -0.2) is 9.78 Å². The number of aromatic nitrogens is 1. The molecule has 2 aromatic heterocycles. The lowest BCUT2D eigenvalue weighted by Crippen LogP contribution is -2.16. The SMILES string of the molecule is CCOC(=O)c1c(NC(=O)c2cc(-c3ccc(Cl)cc3Cl)nc3ccccc23)sc(C(N)=O)c1C. The van der Waals surface area contributed by atoms with E-state index in [0.29, 0.717) is 43.3 Å². The second-order valence-corrected chi connectivity index (χ2v) is 9.36. The highest BCUT2D eigenvalue weighted by atomic mass is 35.5. The van der Waals surface area contributed by atoms with Crippen LogP contribution in [0.1, 0.15) is 42.9 Å². The lowest BCUT2D eigenvalue weighted by molar-refractivity contribution is 0.0527. The van der Waals surface area contributed by atoms with Crippen LogP contribution in [0.4, 0.5) is 5.00 Å². The zero-order valence-electron chi connectivity index (χ0n) is 18.6. The van der Waals surface area contributed by atoms with Crippen molar-refractivity contribution < 1.29 is 19.1 Å². The minimum atomic E-state index is -0.701. The number of ether oxygens (including phenoxy) is 1. The molecule has 0 fully saturated rings. The molecule has 0 bridgehead atoms. The third-order valence-electron chi connectivity index (χ3n) is 5.25. The predicted octanol–water partition coefficient (Wildman–Crippen LogP) is 6.11. The van der Waals surface area contributed by atoms with Crippen LogP contribution in [0.15, 0.2) is 48.5 Å². The molecule has 2 heterocycles. The summed E-state index contributed by atoms with van der Waals surface area (Å²) in [4.78, 5) is 42.8. The first-order valence-corrected chi connectivity index (χ1v) is 12.0. The van der Waals surface area contributed by atoms with E-state index in [1.54, 1.807) is 56.3 Å². The largest absolute Gasteiger partial charge is 0.462 e. The Balaban J connectivity index is 1.83. The molecule has 35 heavy (non-hydrogen) atoms. The molecule has 0 spiro atoms. The molecule has 0 aliphatic heterocycles. The zero-order valence-corrected chi connectivity index (χ0v) is 21.0. The number of carbonyl (C=O) groups excluding carboxylic acids is 3. The molecule has 0 aliphatic carbocycles. The third-order valence-corrected chi connectivity index (χ3v) is 7.01. The van der Waals surface area contributed by atoms with Gasteiger partial charge in [0.15, 0.2) is 0 Å². The Kier molecular flexibility index (Phi) is 7.07. The Hall–Kier alpha value is -3.46. The Bertz CT molecular complexity index is 1500. The second-order valence-electron chi connectivity index (χ2n) is 7.50. The van der Waals surface area contributed by atoms with E-state index < -0.39 is 17.8 Å². The number of anilines is 1. The first kappa shape index (κ1) is 24.7. The van der Waals surface area contributed by atoms with Gasteiger partial charge in [0.1, 0.15) is 5.00 Å². The summed E-state index contributed by atoms with van der Waals surface area (Å²) >= 11 is 13.3. The molecule has 10 heteroatoms. The third kappa shape index (κ3) is 4.86. The number of amides is 2. The highest BCUT2D eigenvalue weighted by molar-refractivity contribution is 7.18. The highest BCUT2D eigenvalue weighted by Crippen LogP contribution is 2.35. The number of thiophene rings is 1. The Morgan fingerprint density at radius 2 is 1.86 bits per heavy atom. The first-order chi connectivity index (χ1) is 16.7. The standard InChI is InChI=1S/C25H19Cl2N3O4S/c1-3-34-25(33)20-12(2)21(22(28)31)35-24(20)30-23(32)16-11-19(15-9-8-13(26)10-17(15)27)29-18-7-5-4-6-14(16)18/h4-11H,3H2,1-2H3,(H2,28,31)(H,30,32). The number of hydrogen-bond acceptors (Lipinski definition) is 6. The number of halogens is 2. The van der Waals surface area contributed by atoms with Gasteiger partial charge in [0, 0.05) is 16.0 Å². The number of nitrogens with two attached hydrogens (primary N) is 1. The van der Waals surface area contributed by atoms with E-state index in [-0.39, 0.29) is 22.0 Å². The minimum absolute atomic E-state index is 0.0957. The molecule has 4 rings (SSSR count). The molecule has 3 N–H and O–H groups in total. The van der Waals surface area contributed by atoms with Crippen LogP contribution < -0.4 is 11.1 Å². The van der Waals surface area contributed by atoms with Crippen molar-refractivity contribution in [2.45, 2.75) is 13.8 Å². The number of rotatable bonds is 6. The highest BCUT2D eigenvalue weighted by Gasteiger charge is 2.26. The van der Waals surface area contributed by atoms with Crippen LogP contribution in [0.2, 0.25) is 10.0 Å². The number of primary amides is 1. The van der Waals surface area contributed by atoms with Gasteiger partial charge in [-0.05, 0) is 49.7 Å². The summed E-state index contributed by atoms with van der Waals surface area (Å²) in [5.74, 6) is -1.86. The Morgan fingerprint density at radius 3 is 2.54 bits per heavy atom. The van der Waals surface area contributed by atoms with Gasteiger partial charge >= 0.3 is 5.97 Å². The molecule has 0 radical (unpaired) electrons. The summed E-state index contributed by atoms with van der Waals surface area (Å²) in [6.45, 7) is 3.38. The van der Waals surface area contributed by atoms with E-state index in [4.69, 9.17) is 33.7 Å². The first-order valence-electron chi connectivity index (χ1n) is 10.5. The summed E-state index contributed by atoms with van der Waals surface area (Å²) < 4.78 is 5.13. The molecular formula is C25H19Cl2N3O4S. The van der Waals surface area contributed by atoms with Gasteiger partial charge in [0.25, 0.3) is 11.8 Å². The van der Waals surface area contributed by atoms with Gasteiger partial charge < -0.3 is 15.8 Å². The van der Waals surface area contributed by atoms with Crippen LogP contribution in [0.25, 0.3) is 22.2 Å². The summed E-state index contributed by atoms with van der Waals surface area (Å²) in [5.41, 5.74) is 7.88. The lowest BCUT2D eigenvalue weighted by atomic mass is 10.0. The number of pyridine rings is 1. The minimum Gasteiger partial charge on any atom is -0.462 e. The maximum absolute atomic E-state index is 13.5. The quantitative estimate of drug-likeness (QED) is 0.294. The van der Waals surface area contributed by atoms with Crippen molar-refractivity contribution >= 4 is 68.2 Å². The number of esters is 1. The fourth-order valence-electron chi connectivity index (χ4n) is 3.65. The van der Waals surface area contributed by atoms with Gasteiger partial charge in [-0.2, -0.15) is 0 Å². The van der Waals surface area contributed by atoms with Crippen molar-refractivity contribution in [3.8, 4) is 11.3 Å². The number of fused-ring (bicyclic) bond motifs is 1. The van der Waals surface area contributed by atoms with E-state index in [0.717, 1.165) is 11.3 Å². The molecule has 178 valence electrons. The van der Waals surface area contributed by atoms with E-state index in [1.165, 1.54) is 0 Å². The molecule has 0 saturated heterocycles. The predicted molar refractivity (Wildman–Crippen MR) is 139 cm³/mol. The summed E-state index contributed by atoms with van der Waals surface area (Å²) in [7, 11) is 0. The molecule has 2 amide bonds. The van der Waals surface area contributed by atoms with Gasteiger partial charge in [-0.15, -0.1) is 11.3 Å². The van der Waals surface area contributed by atoms with Crippen molar-refractivity contribution in [1.29, 1.82) is 0 Å². The molecule has 7 nitrogen and oxygen atoms in total. The summed E-state index contributed by atoms with van der Waals surface area (Å²) in [5, 5.41) is 4.40. The van der Waals surface area contributed by atoms with Crippen LogP contribution in [0.5, 0.6) is 0 Å².